The Morgan fingerprint density at radius 3 is 3.00 bits per heavy atom. The third-order valence-electron chi connectivity index (χ3n) is 2.53. The minimum Gasteiger partial charge on any atom is -0.379 e. The van der Waals surface area contributed by atoms with Crippen molar-refractivity contribution in [1.82, 2.24) is 15.2 Å². The first-order valence-corrected chi connectivity index (χ1v) is 6.77. The van der Waals surface area contributed by atoms with Gasteiger partial charge in [-0.3, -0.25) is 15.2 Å². The van der Waals surface area contributed by atoms with Crippen LogP contribution in [0.3, 0.4) is 0 Å². The lowest BCUT2D eigenvalue weighted by molar-refractivity contribution is -0.384. The first-order valence-electron chi connectivity index (χ1n) is 5.69. The van der Waals surface area contributed by atoms with Crippen LogP contribution < -0.4 is 5.32 Å². The zero-order valence-electron chi connectivity index (χ0n) is 9.97. The van der Waals surface area contributed by atoms with Gasteiger partial charge in [-0.2, -0.15) is 5.10 Å². The normalized spacial score (nSPS) is 10.4. The van der Waals surface area contributed by atoms with Crippen molar-refractivity contribution >= 4 is 34.0 Å². The number of nitrogens with one attached hydrogen (secondary N) is 2. The van der Waals surface area contributed by atoms with E-state index in [4.69, 9.17) is 0 Å². The first kappa shape index (κ1) is 13.7. The highest BCUT2D eigenvalue weighted by atomic mass is 127. The Hall–Kier alpha value is -1.71. The summed E-state index contributed by atoms with van der Waals surface area (Å²) in [5, 5.41) is 20.5. The molecule has 7 nitrogen and oxygen atoms in total. The molecule has 8 heteroatoms. The Labute approximate surface area is 123 Å². The molecule has 0 aliphatic heterocycles. The molecule has 0 radical (unpaired) electrons. The van der Waals surface area contributed by atoms with Crippen molar-refractivity contribution in [2.75, 3.05) is 11.9 Å². The van der Waals surface area contributed by atoms with E-state index in [1.807, 2.05) is 6.07 Å². The SMILES string of the molecule is O=[N+]([O-])c1cc(I)ccc1NCCCc1ncn[nH]1. The predicted octanol–water partition coefficient (Wildman–Crippen LogP) is 2.36. The number of halogens is 1. The molecule has 1 heterocycles. The van der Waals surface area contributed by atoms with E-state index in [0.717, 1.165) is 22.2 Å². The van der Waals surface area contributed by atoms with Crippen molar-refractivity contribution in [1.29, 1.82) is 0 Å². The van der Waals surface area contributed by atoms with Gasteiger partial charge >= 0.3 is 0 Å². The van der Waals surface area contributed by atoms with Crippen LogP contribution in [0.4, 0.5) is 11.4 Å². The summed E-state index contributed by atoms with van der Waals surface area (Å²) in [6.45, 7) is 0.641. The quantitative estimate of drug-likeness (QED) is 0.351. The molecule has 2 aromatic rings. The Balaban J connectivity index is 1.90. The highest BCUT2D eigenvalue weighted by Gasteiger charge is 2.13. The van der Waals surface area contributed by atoms with Crippen molar-refractivity contribution < 1.29 is 4.92 Å². The van der Waals surface area contributed by atoms with E-state index in [1.54, 1.807) is 12.1 Å². The summed E-state index contributed by atoms with van der Waals surface area (Å²) in [5.74, 6) is 0.818. The second-order valence-electron chi connectivity index (χ2n) is 3.88. The van der Waals surface area contributed by atoms with Gasteiger partial charge in [0.2, 0.25) is 0 Å². The summed E-state index contributed by atoms with van der Waals surface area (Å²) in [6, 6.07) is 5.13. The third-order valence-corrected chi connectivity index (χ3v) is 3.20. The molecule has 0 bridgehead atoms. The predicted molar refractivity (Wildman–Crippen MR) is 79.0 cm³/mol. The monoisotopic (exact) mass is 373 g/mol. The molecule has 19 heavy (non-hydrogen) atoms. The summed E-state index contributed by atoms with van der Waals surface area (Å²) >= 11 is 2.06. The molecule has 100 valence electrons. The number of benzene rings is 1. The lowest BCUT2D eigenvalue weighted by atomic mass is 10.2. The van der Waals surface area contributed by atoms with Crippen LogP contribution in [0.1, 0.15) is 12.2 Å². The van der Waals surface area contributed by atoms with E-state index in [0.29, 0.717) is 12.2 Å². The van der Waals surface area contributed by atoms with Gasteiger partial charge in [0.05, 0.1) is 4.92 Å². The molecule has 0 atom stereocenters. The van der Waals surface area contributed by atoms with Crippen molar-refractivity contribution in [3.63, 3.8) is 0 Å². The van der Waals surface area contributed by atoms with E-state index in [1.165, 1.54) is 6.33 Å². The van der Waals surface area contributed by atoms with Crippen molar-refractivity contribution in [3.8, 4) is 0 Å². The van der Waals surface area contributed by atoms with Gasteiger partial charge in [-0.1, -0.05) is 0 Å². The van der Waals surface area contributed by atoms with Crippen molar-refractivity contribution in [2.24, 2.45) is 0 Å². The highest BCUT2D eigenvalue weighted by molar-refractivity contribution is 14.1. The number of nitro groups is 1. The number of rotatable bonds is 6. The molecule has 2 rings (SSSR count). The van der Waals surface area contributed by atoms with Crippen LogP contribution >= 0.6 is 22.6 Å². The van der Waals surface area contributed by atoms with Crippen LogP contribution in [0, 0.1) is 13.7 Å². The summed E-state index contributed by atoms with van der Waals surface area (Å²) in [5.41, 5.74) is 0.648. The fourth-order valence-electron chi connectivity index (χ4n) is 1.64. The molecule has 0 unspecified atom stereocenters. The van der Waals surface area contributed by atoms with Gasteiger partial charge in [0.1, 0.15) is 17.8 Å². The average molecular weight is 373 g/mol. The highest BCUT2D eigenvalue weighted by Crippen LogP contribution is 2.26. The zero-order chi connectivity index (χ0) is 13.7. The maximum atomic E-state index is 10.9. The summed E-state index contributed by atoms with van der Waals surface area (Å²) in [7, 11) is 0. The lowest BCUT2D eigenvalue weighted by Crippen LogP contribution is -2.06. The molecule has 0 saturated heterocycles. The third kappa shape index (κ3) is 3.88. The van der Waals surface area contributed by atoms with Gasteiger partial charge in [-0.05, 0) is 41.1 Å². The number of H-pyrrole nitrogens is 1. The van der Waals surface area contributed by atoms with E-state index in [2.05, 4.69) is 43.1 Å². The molecule has 0 amide bonds. The van der Waals surface area contributed by atoms with Crippen LogP contribution in [-0.2, 0) is 6.42 Å². The van der Waals surface area contributed by atoms with Crippen LogP contribution in [0.25, 0.3) is 0 Å². The fourth-order valence-corrected chi connectivity index (χ4v) is 2.11. The molecule has 1 aromatic heterocycles. The second kappa shape index (κ2) is 6.45. The van der Waals surface area contributed by atoms with E-state index in [-0.39, 0.29) is 10.6 Å². The Morgan fingerprint density at radius 2 is 2.32 bits per heavy atom. The van der Waals surface area contributed by atoms with Crippen LogP contribution in [0.5, 0.6) is 0 Å². The maximum Gasteiger partial charge on any atom is 0.293 e. The van der Waals surface area contributed by atoms with E-state index in [9.17, 15) is 10.1 Å². The zero-order valence-corrected chi connectivity index (χ0v) is 12.1. The number of aromatic amines is 1. The average Bonchev–Trinajstić information content (AvgIpc) is 2.89. The molecule has 0 saturated carbocycles. The van der Waals surface area contributed by atoms with Gasteiger partial charge in [-0.25, -0.2) is 4.98 Å². The number of nitrogens with zero attached hydrogens (tertiary/aromatic N) is 3. The van der Waals surface area contributed by atoms with Crippen molar-refractivity contribution in [3.05, 3.63) is 44.0 Å². The van der Waals surface area contributed by atoms with Crippen LogP contribution in [-0.4, -0.2) is 26.6 Å². The number of aromatic nitrogens is 3. The number of nitro benzene ring substituents is 1. The Kier molecular flexibility index (Phi) is 4.66. The number of aryl methyl sites for hydroxylation is 1. The molecule has 2 N–H and O–H groups in total. The maximum absolute atomic E-state index is 10.9. The van der Waals surface area contributed by atoms with E-state index < -0.39 is 0 Å². The molecule has 0 aliphatic carbocycles. The number of hydrogen-bond donors (Lipinski definition) is 2. The number of hydrogen-bond acceptors (Lipinski definition) is 5. The molecular weight excluding hydrogens is 361 g/mol. The summed E-state index contributed by atoms with van der Waals surface area (Å²) in [4.78, 5) is 14.6. The topological polar surface area (TPSA) is 96.7 Å². The van der Waals surface area contributed by atoms with E-state index >= 15 is 0 Å². The second-order valence-corrected chi connectivity index (χ2v) is 5.13. The minimum absolute atomic E-state index is 0.103. The molecule has 0 spiro atoms. The van der Waals surface area contributed by atoms with Crippen molar-refractivity contribution in [2.45, 2.75) is 12.8 Å². The van der Waals surface area contributed by atoms with Gasteiger partial charge in [0.15, 0.2) is 0 Å². The van der Waals surface area contributed by atoms with Gasteiger partial charge in [0, 0.05) is 22.6 Å². The van der Waals surface area contributed by atoms with Gasteiger partial charge in [0.25, 0.3) is 5.69 Å². The smallest absolute Gasteiger partial charge is 0.293 e. The largest absolute Gasteiger partial charge is 0.379 e. The first-order chi connectivity index (χ1) is 9.16. The standard InChI is InChI=1S/C11H12IN5O2/c12-8-3-4-9(10(6-8)17(18)19)13-5-1-2-11-14-7-15-16-11/h3-4,6-7,13H,1-2,5H2,(H,14,15,16). The molecular formula is C11H12IN5O2. The van der Waals surface area contributed by atoms with Gasteiger partial charge in [-0.15, -0.1) is 0 Å². The molecule has 0 fully saturated rings. The van der Waals surface area contributed by atoms with Crippen LogP contribution in [0.2, 0.25) is 0 Å². The van der Waals surface area contributed by atoms with Gasteiger partial charge < -0.3 is 5.32 Å². The minimum atomic E-state index is -0.374. The molecule has 1 aromatic carbocycles. The Bertz CT molecular complexity index is 558. The fraction of sp³-hybridized carbons (Fsp3) is 0.273. The molecule has 0 aliphatic rings. The number of anilines is 1. The summed E-state index contributed by atoms with van der Waals surface area (Å²) in [6.07, 6.45) is 3.04. The lowest BCUT2D eigenvalue weighted by Gasteiger charge is -2.06. The Morgan fingerprint density at radius 1 is 1.47 bits per heavy atom. The summed E-state index contributed by atoms with van der Waals surface area (Å²) < 4.78 is 0.844. The van der Waals surface area contributed by atoms with Crippen LogP contribution in [0.15, 0.2) is 24.5 Å².